The van der Waals surface area contributed by atoms with Crippen LogP contribution in [0.2, 0.25) is 0 Å². The first-order valence-corrected chi connectivity index (χ1v) is 6.43. The highest BCUT2D eigenvalue weighted by molar-refractivity contribution is 5.83. The Morgan fingerprint density at radius 1 is 1.22 bits per heavy atom. The number of hydrogen-bond acceptors (Lipinski definition) is 1. The number of carbonyl (C=O) groups is 1. The molecule has 1 amide bonds. The fourth-order valence-corrected chi connectivity index (χ4v) is 2.15. The van der Waals surface area contributed by atoms with Crippen molar-refractivity contribution >= 4 is 16.8 Å². The molecule has 3 heteroatoms. The van der Waals surface area contributed by atoms with Gasteiger partial charge in [0.05, 0.1) is 0 Å². The van der Waals surface area contributed by atoms with E-state index in [9.17, 15) is 4.79 Å². The van der Waals surface area contributed by atoms with Crippen LogP contribution in [0.25, 0.3) is 10.9 Å². The zero-order valence-electron chi connectivity index (χ0n) is 11.1. The summed E-state index contributed by atoms with van der Waals surface area (Å²) in [7, 11) is 3.62. The molecule has 1 aromatic heterocycles. The van der Waals surface area contributed by atoms with E-state index in [1.807, 2.05) is 20.2 Å². The predicted molar refractivity (Wildman–Crippen MR) is 74.5 cm³/mol. The van der Waals surface area contributed by atoms with Crippen molar-refractivity contribution in [1.82, 2.24) is 9.88 Å². The fourth-order valence-electron chi connectivity index (χ4n) is 2.15. The second-order valence-electron chi connectivity index (χ2n) is 4.85. The van der Waals surface area contributed by atoms with Gasteiger partial charge in [-0.05, 0) is 30.9 Å². The number of aryl methyl sites for hydroxylation is 1. The Labute approximate surface area is 108 Å². The summed E-state index contributed by atoms with van der Waals surface area (Å²) in [4.78, 5) is 16.4. The van der Waals surface area contributed by atoms with Crippen LogP contribution in [0.15, 0.2) is 30.5 Å². The van der Waals surface area contributed by atoms with Gasteiger partial charge in [-0.1, -0.05) is 18.2 Å². The van der Waals surface area contributed by atoms with Crippen molar-refractivity contribution < 1.29 is 4.79 Å². The lowest BCUT2D eigenvalue weighted by molar-refractivity contribution is -0.128. The summed E-state index contributed by atoms with van der Waals surface area (Å²) in [5, 5.41) is 1.30. The van der Waals surface area contributed by atoms with E-state index in [0.29, 0.717) is 6.42 Å². The van der Waals surface area contributed by atoms with Crippen LogP contribution in [0.1, 0.15) is 24.8 Å². The molecule has 0 aliphatic heterocycles. The van der Waals surface area contributed by atoms with Crippen LogP contribution in [-0.2, 0) is 11.2 Å². The van der Waals surface area contributed by atoms with Crippen molar-refractivity contribution in [1.29, 1.82) is 0 Å². The van der Waals surface area contributed by atoms with Gasteiger partial charge < -0.3 is 9.88 Å². The summed E-state index contributed by atoms with van der Waals surface area (Å²) < 4.78 is 0. The molecule has 1 heterocycles. The quantitative estimate of drug-likeness (QED) is 0.806. The number of aromatic amines is 1. The van der Waals surface area contributed by atoms with E-state index in [-0.39, 0.29) is 5.91 Å². The van der Waals surface area contributed by atoms with Crippen LogP contribution >= 0.6 is 0 Å². The van der Waals surface area contributed by atoms with Crippen molar-refractivity contribution in [2.45, 2.75) is 25.7 Å². The molecule has 0 saturated carbocycles. The molecular formula is C15H20N2O. The highest BCUT2D eigenvalue weighted by atomic mass is 16.2. The van der Waals surface area contributed by atoms with Crippen molar-refractivity contribution in [3.8, 4) is 0 Å². The van der Waals surface area contributed by atoms with Gasteiger partial charge in [0.25, 0.3) is 0 Å². The van der Waals surface area contributed by atoms with Gasteiger partial charge in [0.15, 0.2) is 0 Å². The van der Waals surface area contributed by atoms with E-state index >= 15 is 0 Å². The Kier molecular flexibility index (Phi) is 4.03. The monoisotopic (exact) mass is 244 g/mol. The van der Waals surface area contributed by atoms with Crippen molar-refractivity contribution in [2.75, 3.05) is 14.1 Å². The molecule has 1 aromatic carbocycles. The van der Waals surface area contributed by atoms with Crippen molar-refractivity contribution in [3.63, 3.8) is 0 Å². The molecule has 18 heavy (non-hydrogen) atoms. The maximum atomic E-state index is 11.4. The van der Waals surface area contributed by atoms with Gasteiger partial charge >= 0.3 is 0 Å². The molecule has 0 atom stereocenters. The number of carbonyl (C=O) groups excluding carboxylic acids is 1. The number of H-pyrrole nitrogens is 1. The van der Waals surface area contributed by atoms with E-state index in [2.05, 4.69) is 29.4 Å². The summed E-state index contributed by atoms with van der Waals surface area (Å²) in [6.45, 7) is 0. The van der Waals surface area contributed by atoms with Crippen LogP contribution in [0, 0.1) is 0 Å². The van der Waals surface area contributed by atoms with E-state index in [1.54, 1.807) is 4.90 Å². The molecule has 0 spiro atoms. The average molecular weight is 244 g/mol. The lowest BCUT2D eigenvalue weighted by Crippen LogP contribution is -2.21. The number of fused-ring (bicyclic) bond motifs is 1. The molecule has 0 aliphatic carbocycles. The molecule has 0 fully saturated rings. The molecule has 0 unspecified atom stereocenters. The number of aromatic nitrogens is 1. The molecule has 3 nitrogen and oxygen atoms in total. The molecule has 0 saturated heterocycles. The van der Waals surface area contributed by atoms with E-state index in [4.69, 9.17) is 0 Å². The third-order valence-electron chi connectivity index (χ3n) is 3.26. The van der Waals surface area contributed by atoms with Gasteiger partial charge in [0.1, 0.15) is 0 Å². The molecule has 96 valence electrons. The highest BCUT2D eigenvalue weighted by Gasteiger charge is 2.05. The van der Waals surface area contributed by atoms with E-state index < -0.39 is 0 Å². The number of nitrogens with zero attached hydrogens (tertiary/aromatic N) is 1. The molecule has 2 aromatic rings. The summed E-state index contributed by atoms with van der Waals surface area (Å²) in [5.74, 6) is 0.217. The Hall–Kier alpha value is -1.77. The van der Waals surface area contributed by atoms with Gasteiger partial charge in [-0.3, -0.25) is 4.79 Å². The third kappa shape index (κ3) is 2.92. The first-order chi connectivity index (χ1) is 8.68. The van der Waals surface area contributed by atoms with Crippen molar-refractivity contribution in [3.05, 3.63) is 36.0 Å². The number of hydrogen-bond donors (Lipinski definition) is 1. The topological polar surface area (TPSA) is 36.1 Å². The lowest BCUT2D eigenvalue weighted by Gasteiger charge is -2.09. The predicted octanol–water partition coefficient (Wildman–Crippen LogP) is 2.97. The minimum Gasteiger partial charge on any atom is -0.361 e. The van der Waals surface area contributed by atoms with Gasteiger partial charge in [-0.15, -0.1) is 0 Å². The molecule has 2 rings (SSSR count). The number of rotatable bonds is 5. The van der Waals surface area contributed by atoms with Crippen molar-refractivity contribution in [2.24, 2.45) is 0 Å². The largest absolute Gasteiger partial charge is 0.361 e. The molecular weight excluding hydrogens is 224 g/mol. The maximum absolute atomic E-state index is 11.4. The highest BCUT2D eigenvalue weighted by Crippen LogP contribution is 2.19. The first-order valence-electron chi connectivity index (χ1n) is 6.43. The number of nitrogens with one attached hydrogen (secondary N) is 1. The van der Waals surface area contributed by atoms with E-state index in [0.717, 1.165) is 19.3 Å². The molecule has 0 bridgehead atoms. The van der Waals surface area contributed by atoms with Crippen LogP contribution in [0.5, 0.6) is 0 Å². The summed E-state index contributed by atoms with van der Waals surface area (Å²) in [5.41, 5.74) is 2.54. The molecule has 0 radical (unpaired) electrons. The summed E-state index contributed by atoms with van der Waals surface area (Å²) in [6.07, 6.45) is 5.77. The van der Waals surface area contributed by atoms with Crippen LogP contribution in [-0.4, -0.2) is 29.9 Å². The second-order valence-corrected chi connectivity index (χ2v) is 4.85. The van der Waals surface area contributed by atoms with E-state index in [1.165, 1.54) is 16.5 Å². The third-order valence-corrected chi connectivity index (χ3v) is 3.26. The maximum Gasteiger partial charge on any atom is 0.222 e. The SMILES string of the molecule is CN(C)C(=O)CCCCc1c[nH]c2ccccc12. The van der Waals surface area contributed by atoms with Gasteiger partial charge in [0, 0.05) is 37.6 Å². The van der Waals surface area contributed by atoms with Gasteiger partial charge in [-0.25, -0.2) is 0 Å². The zero-order chi connectivity index (χ0) is 13.0. The Morgan fingerprint density at radius 2 is 2.00 bits per heavy atom. The Balaban J connectivity index is 1.85. The van der Waals surface area contributed by atoms with Crippen LogP contribution in [0.4, 0.5) is 0 Å². The Bertz CT molecular complexity index is 528. The minimum atomic E-state index is 0.217. The normalized spacial score (nSPS) is 10.8. The number of unbranched alkanes of at least 4 members (excludes halogenated alkanes) is 1. The number of para-hydroxylation sites is 1. The molecule has 0 aliphatic rings. The zero-order valence-corrected chi connectivity index (χ0v) is 11.1. The summed E-state index contributed by atoms with van der Waals surface area (Å²) >= 11 is 0. The smallest absolute Gasteiger partial charge is 0.222 e. The second kappa shape index (κ2) is 5.71. The summed E-state index contributed by atoms with van der Waals surface area (Å²) in [6, 6.07) is 8.34. The minimum absolute atomic E-state index is 0.217. The fraction of sp³-hybridized carbons (Fsp3) is 0.400. The van der Waals surface area contributed by atoms with Gasteiger partial charge in [0.2, 0.25) is 5.91 Å². The number of amides is 1. The molecule has 1 N–H and O–H groups in total. The Morgan fingerprint density at radius 3 is 2.78 bits per heavy atom. The lowest BCUT2D eigenvalue weighted by atomic mass is 10.1. The standard InChI is InChI=1S/C15H20N2O/c1-17(2)15(18)10-6-3-7-12-11-16-14-9-5-4-8-13(12)14/h4-5,8-9,11,16H,3,6-7,10H2,1-2H3. The van der Waals surface area contributed by atoms with Crippen LogP contribution < -0.4 is 0 Å². The van der Waals surface area contributed by atoms with Gasteiger partial charge in [-0.2, -0.15) is 0 Å². The average Bonchev–Trinajstić information content (AvgIpc) is 2.77. The van der Waals surface area contributed by atoms with Crippen LogP contribution in [0.3, 0.4) is 0 Å². The first kappa shape index (κ1) is 12.7. The number of benzene rings is 1.